The maximum absolute atomic E-state index is 12.4. The summed E-state index contributed by atoms with van der Waals surface area (Å²) in [7, 11) is 0. The summed E-state index contributed by atoms with van der Waals surface area (Å²) < 4.78 is 0. The fraction of sp³-hybridized carbons (Fsp3) is 0.643. The van der Waals surface area contributed by atoms with Crippen molar-refractivity contribution in [1.29, 1.82) is 0 Å². The van der Waals surface area contributed by atoms with Crippen molar-refractivity contribution in [3.8, 4) is 0 Å². The Labute approximate surface area is 128 Å². The quantitative estimate of drug-likeness (QED) is 0.873. The molecule has 1 fully saturated rings. The second-order valence-corrected chi connectivity index (χ2v) is 6.42. The zero-order chi connectivity index (χ0) is 15.4. The number of hydrogen-bond donors (Lipinski definition) is 2. The predicted octanol–water partition coefficient (Wildman–Crippen LogP) is 1.15. The zero-order valence-electron chi connectivity index (χ0n) is 12.5. The average Bonchev–Trinajstić information content (AvgIpc) is 2.95. The van der Waals surface area contributed by atoms with Crippen LogP contribution < -0.4 is 11.1 Å². The van der Waals surface area contributed by atoms with Crippen LogP contribution in [0.2, 0.25) is 0 Å². The number of nitrogens with one attached hydrogen (secondary N) is 1. The van der Waals surface area contributed by atoms with Crippen LogP contribution in [0.5, 0.6) is 0 Å². The first-order chi connectivity index (χ1) is 9.97. The summed E-state index contributed by atoms with van der Waals surface area (Å²) in [5.41, 5.74) is 6.26. The minimum atomic E-state index is -0.139. The van der Waals surface area contributed by atoms with E-state index in [2.05, 4.69) is 10.3 Å². The van der Waals surface area contributed by atoms with E-state index in [1.165, 1.54) is 18.3 Å². The minimum absolute atomic E-state index is 0.000544. The molecule has 0 spiro atoms. The molecule has 0 radical (unpaired) electrons. The van der Waals surface area contributed by atoms with Crippen LogP contribution in [0.15, 0.2) is 5.38 Å². The molecule has 1 aromatic rings. The van der Waals surface area contributed by atoms with Gasteiger partial charge in [0.2, 0.25) is 5.91 Å². The van der Waals surface area contributed by atoms with Crippen LogP contribution in [-0.4, -0.2) is 41.3 Å². The van der Waals surface area contributed by atoms with E-state index >= 15 is 0 Å². The van der Waals surface area contributed by atoms with Gasteiger partial charge in [0.15, 0.2) is 0 Å². The molecule has 6 nitrogen and oxygen atoms in total. The van der Waals surface area contributed by atoms with Crippen LogP contribution in [-0.2, 0) is 4.79 Å². The fourth-order valence-electron chi connectivity index (χ4n) is 2.39. The molecule has 1 aliphatic rings. The van der Waals surface area contributed by atoms with Gasteiger partial charge in [-0.3, -0.25) is 9.59 Å². The summed E-state index contributed by atoms with van der Waals surface area (Å²) in [4.78, 5) is 29.4. The van der Waals surface area contributed by atoms with Crippen molar-refractivity contribution in [3.05, 3.63) is 16.1 Å². The molecule has 0 aliphatic carbocycles. The summed E-state index contributed by atoms with van der Waals surface area (Å²) in [5.74, 6) is 0.434. The van der Waals surface area contributed by atoms with E-state index in [-0.39, 0.29) is 17.9 Å². The Morgan fingerprint density at radius 1 is 1.52 bits per heavy atom. The molecule has 2 rings (SSSR count). The second kappa shape index (κ2) is 7.00. The maximum Gasteiger partial charge on any atom is 0.273 e. The highest BCUT2D eigenvalue weighted by Crippen LogP contribution is 2.21. The van der Waals surface area contributed by atoms with Gasteiger partial charge in [0.05, 0.1) is 6.04 Å². The summed E-state index contributed by atoms with van der Waals surface area (Å²) in [6.07, 6.45) is 1.83. The van der Waals surface area contributed by atoms with Crippen LogP contribution >= 0.6 is 11.3 Å². The van der Waals surface area contributed by atoms with Gasteiger partial charge in [-0.05, 0) is 25.7 Å². The highest BCUT2D eigenvalue weighted by Gasteiger charge is 2.25. The van der Waals surface area contributed by atoms with E-state index in [1.54, 1.807) is 5.38 Å². The lowest BCUT2D eigenvalue weighted by atomic mass is 9.96. The normalized spacial score (nSPS) is 17.6. The number of piperidine rings is 1. The first-order valence-corrected chi connectivity index (χ1v) is 8.10. The zero-order valence-corrected chi connectivity index (χ0v) is 13.3. The Morgan fingerprint density at radius 2 is 2.19 bits per heavy atom. The van der Waals surface area contributed by atoms with Crippen LogP contribution in [0.1, 0.15) is 48.2 Å². The highest BCUT2D eigenvalue weighted by atomic mass is 32.1. The van der Waals surface area contributed by atoms with Gasteiger partial charge in [0.25, 0.3) is 5.91 Å². The van der Waals surface area contributed by atoms with E-state index in [0.717, 1.165) is 17.8 Å². The molecule has 7 heteroatoms. The number of amides is 2. The Morgan fingerprint density at radius 3 is 2.71 bits per heavy atom. The molecule has 0 bridgehead atoms. The molecule has 2 amide bonds. The van der Waals surface area contributed by atoms with Gasteiger partial charge in [-0.15, -0.1) is 11.3 Å². The molecule has 0 aromatic carbocycles. The van der Waals surface area contributed by atoms with Gasteiger partial charge in [0.1, 0.15) is 10.7 Å². The Bertz CT molecular complexity index is 507. The van der Waals surface area contributed by atoms with Crippen molar-refractivity contribution in [2.24, 2.45) is 11.7 Å². The molecular formula is C14H22N4O2S. The lowest BCUT2D eigenvalue weighted by Gasteiger charge is -2.31. The van der Waals surface area contributed by atoms with Crippen molar-refractivity contribution in [2.75, 3.05) is 19.6 Å². The summed E-state index contributed by atoms with van der Waals surface area (Å²) in [6, 6.07) is -0.139. The Balaban J connectivity index is 1.86. The van der Waals surface area contributed by atoms with Crippen LogP contribution in [0, 0.1) is 5.92 Å². The number of aromatic nitrogens is 1. The first-order valence-electron chi connectivity index (χ1n) is 7.22. The summed E-state index contributed by atoms with van der Waals surface area (Å²) >= 11 is 1.43. The number of rotatable bonds is 4. The van der Waals surface area contributed by atoms with E-state index < -0.39 is 0 Å². The molecular weight excluding hydrogens is 288 g/mol. The van der Waals surface area contributed by atoms with E-state index in [1.807, 2.05) is 11.8 Å². The molecule has 21 heavy (non-hydrogen) atoms. The third-order valence-electron chi connectivity index (χ3n) is 3.67. The number of carbonyl (C=O) groups excluding carboxylic acids is 2. The molecule has 1 unspecified atom stereocenters. The highest BCUT2D eigenvalue weighted by molar-refractivity contribution is 7.09. The number of likely N-dealkylation sites (tertiary alicyclic amines) is 1. The smallest absolute Gasteiger partial charge is 0.273 e. The minimum Gasteiger partial charge on any atom is -0.356 e. The first kappa shape index (κ1) is 15.9. The van der Waals surface area contributed by atoms with E-state index in [9.17, 15) is 9.59 Å². The standard InChI is InChI=1S/C14H22N4O2S/c1-9(15)13-17-12(8-21-13)14(20)18-5-3-11(4-6-18)7-16-10(2)19/h8-9,11H,3-7,15H2,1-2H3,(H,16,19). The van der Waals surface area contributed by atoms with E-state index in [4.69, 9.17) is 5.73 Å². The van der Waals surface area contributed by atoms with Crippen LogP contribution in [0.25, 0.3) is 0 Å². The Kier molecular flexibility index (Phi) is 5.30. The maximum atomic E-state index is 12.4. The average molecular weight is 310 g/mol. The van der Waals surface area contributed by atoms with Crippen molar-refractivity contribution in [3.63, 3.8) is 0 Å². The monoisotopic (exact) mass is 310 g/mol. The summed E-state index contributed by atoms with van der Waals surface area (Å²) in [6.45, 7) is 5.52. The number of hydrogen-bond acceptors (Lipinski definition) is 5. The molecule has 0 saturated carbocycles. The number of carbonyl (C=O) groups is 2. The molecule has 1 aliphatic heterocycles. The van der Waals surface area contributed by atoms with Crippen molar-refractivity contribution in [1.82, 2.24) is 15.2 Å². The molecule has 1 atom stereocenters. The van der Waals surface area contributed by atoms with Crippen LogP contribution in [0.4, 0.5) is 0 Å². The largest absolute Gasteiger partial charge is 0.356 e. The van der Waals surface area contributed by atoms with Crippen molar-refractivity contribution in [2.45, 2.75) is 32.7 Å². The number of nitrogens with two attached hydrogens (primary N) is 1. The van der Waals surface area contributed by atoms with Gasteiger partial charge in [-0.1, -0.05) is 0 Å². The predicted molar refractivity (Wildman–Crippen MR) is 82.0 cm³/mol. The fourth-order valence-corrected chi connectivity index (χ4v) is 3.14. The number of thiazole rings is 1. The van der Waals surface area contributed by atoms with Crippen molar-refractivity contribution < 1.29 is 9.59 Å². The summed E-state index contributed by atoms with van der Waals surface area (Å²) in [5, 5.41) is 5.41. The topological polar surface area (TPSA) is 88.3 Å². The van der Waals surface area contributed by atoms with Crippen LogP contribution in [0.3, 0.4) is 0 Å². The SMILES string of the molecule is CC(=O)NCC1CCN(C(=O)c2csc(C(C)N)n2)CC1. The molecule has 1 saturated heterocycles. The number of nitrogens with zero attached hydrogens (tertiary/aromatic N) is 2. The van der Waals surface area contributed by atoms with Crippen molar-refractivity contribution >= 4 is 23.2 Å². The van der Waals surface area contributed by atoms with Gasteiger partial charge in [-0.25, -0.2) is 4.98 Å². The third-order valence-corrected chi connectivity index (χ3v) is 4.72. The molecule has 3 N–H and O–H groups in total. The lowest BCUT2D eigenvalue weighted by Crippen LogP contribution is -2.41. The molecule has 1 aromatic heterocycles. The van der Waals surface area contributed by atoms with Gasteiger partial charge in [-0.2, -0.15) is 0 Å². The second-order valence-electron chi connectivity index (χ2n) is 5.53. The Hall–Kier alpha value is -1.47. The van der Waals surface area contributed by atoms with Gasteiger partial charge in [0, 0.05) is 31.9 Å². The van der Waals surface area contributed by atoms with Gasteiger partial charge >= 0.3 is 0 Å². The van der Waals surface area contributed by atoms with Gasteiger partial charge < -0.3 is 16.0 Å². The third kappa shape index (κ3) is 4.25. The van der Waals surface area contributed by atoms with E-state index in [0.29, 0.717) is 31.2 Å². The molecule has 2 heterocycles. The lowest BCUT2D eigenvalue weighted by molar-refractivity contribution is -0.119. The molecule has 116 valence electrons.